The van der Waals surface area contributed by atoms with E-state index in [4.69, 9.17) is 4.74 Å². The molecule has 2 aliphatic heterocycles. The summed E-state index contributed by atoms with van der Waals surface area (Å²) in [4.78, 5) is 12.7. The average Bonchev–Trinajstić information content (AvgIpc) is 2.61. The van der Waals surface area contributed by atoms with E-state index in [0.717, 1.165) is 58.2 Å². The molecule has 25 heavy (non-hydrogen) atoms. The second-order valence-electron chi connectivity index (χ2n) is 6.93. The van der Waals surface area contributed by atoms with E-state index >= 15 is 0 Å². The Bertz CT molecular complexity index is 735. The van der Waals surface area contributed by atoms with Crippen LogP contribution in [0.3, 0.4) is 0 Å². The monoisotopic (exact) mass is 368 g/mol. The maximum atomic E-state index is 11.9. The molecule has 3 rings (SSSR count). The molecule has 138 valence electrons. The third kappa shape index (κ3) is 3.95. The number of hydrogen-bond donors (Lipinski definition) is 0. The van der Waals surface area contributed by atoms with Crippen LogP contribution in [0.2, 0.25) is 0 Å². The third-order valence-corrected chi connectivity index (χ3v) is 6.50. The maximum Gasteiger partial charge on any atom is 0.311 e. The van der Waals surface area contributed by atoms with Crippen molar-refractivity contribution < 1.29 is 18.1 Å². The smallest absolute Gasteiger partial charge is 0.311 e. The SMILES string of the molecule is CS(=O)(=O)c1cccc(N2CCC(C3CCOCC3)CC2)c1[N+](=O)[O-]. The number of para-hydroxylation sites is 1. The zero-order chi connectivity index (χ0) is 18.0. The van der Waals surface area contributed by atoms with Gasteiger partial charge in [0.05, 0.1) is 4.92 Å². The topological polar surface area (TPSA) is 89.8 Å². The van der Waals surface area contributed by atoms with Crippen molar-refractivity contribution in [3.8, 4) is 0 Å². The fourth-order valence-corrected chi connectivity index (χ4v) is 4.90. The molecule has 0 bridgehead atoms. The molecule has 2 fully saturated rings. The number of sulfone groups is 1. The zero-order valence-corrected chi connectivity index (χ0v) is 15.2. The highest BCUT2D eigenvalue weighted by atomic mass is 32.2. The van der Waals surface area contributed by atoms with Crippen molar-refractivity contribution >= 4 is 21.2 Å². The summed E-state index contributed by atoms with van der Waals surface area (Å²) in [6, 6.07) is 4.55. The highest BCUT2D eigenvalue weighted by molar-refractivity contribution is 7.90. The fourth-order valence-electron chi connectivity index (χ4n) is 4.05. The molecule has 0 radical (unpaired) electrons. The first-order chi connectivity index (χ1) is 11.9. The Labute approximate surface area is 148 Å². The molecule has 1 aromatic rings. The van der Waals surface area contributed by atoms with Crippen molar-refractivity contribution in [2.75, 3.05) is 37.5 Å². The molecule has 2 aliphatic rings. The van der Waals surface area contributed by atoms with Gasteiger partial charge in [0, 0.05) is 32.6 Å². The molecule has 2 saturated heterocycles. The van der Waals surface area contributed by atoms with Crippen LogP contribution in [-0.4, -0.2) is 45.9 Å². The number of rotatable bonds is 4. The van der Waals surface area contributed by atoms with Crippen LogP contribution in [0.1, 0.15) is 25.7 Å². The summed E-state index contributed by atoms with van der Waals surface area (Å²) in [6.07, 6.45) is 5.15. The van der Waals surface area contributed by atoms with Crippen LogP contribution in [-0.2, 0) is 14.6 Å². The fraction of sp³-hybridized carbons (Fsp3) is 0.647. The van der Waals surface area contributed by atoms with Gasteiger partial charge in [-0.1, -0.05) is 6.07 Å². The zero-order valence-electron chi connectivity index (χ0n) is 14.4. The van der Waals surface area contributed by atoms with E-state index in [2.05, 4.69) is 0 Å². The Morgan fingerprint density at radius 2 is 1.72 bits per heavy atom. The molecular weight excluding hydrogens is 344 g/mol. The Morgan fingerprint density at radius 1 is 1.12 bits per heavy atom. The molecule has 0 amide bonds. The van der Waals surface area contributed by atoms with Crippen molar-refractivity contribution in [3.05, 3.63) is 28.3 Å². The van der Waals surface area contributed by atoms with Gasteiger partial charge in [-0.2, -0.15) is 0 Å². The largest absolute Gasteiger partial charge is 0.381 e. The predicted molar refractivity (Wildman–Crippen MR) is 94.7 cm³/mol. The second-order valence-corrected chi connectivity index (χ2v) is 8.91. The first-order valence-corrected chi connectivity index (χ1v) is 10.6. The molecule has 0 aromatic heterocycles. The summed E-state index contributed by atoms with van der Waals surface area (Å²) < 4.78 is 29.3. The van der Waals surface area contributed by atoms with Crippen LogP contribution in [0.4, 0.5) is 11.4 Å². The molecule has 0 spiro atoms. The molecule has 2 heterocycles. The highest BCUT2D eigenvalue weighted by Crippen LogP contribution is 2.38. The number of piperidine rings is 1. The van der Waals surface area contributed by atoms with Crippen molar-refractivity contribution in [1.29, 1.82) is 0 Å². The van der Waals surface area contributed by atoms with Gasteiger partial charge in [-0.3, -0.25) is 10.1 Å². The van der Waals surface area contributed by atoms with Crippen molar-refractivity contribution in [1.82, 2.24) is 0 Å². The Morgan fingerprint density at radius 3 is 2.28 bits per heavy atom. The average molecular weight is 368 g/mol. The normalized spacial score (nSPS) is 20.6. The number of nitro groups is 1. The lowest BCUT2D eigenvalue weighted by Crippen LogP contribution is -2.37. The Hall–Kier alpha value is -1.67. The predicted octanol–water partition coefficient (Wildman–Crippen LogP) is 2.64. The van der Waals surface area contributed by atoms with Gasteiger partial charge in [-0.15, -0.1) is 0 Å². The van der Waals surface area contributed by atoms with Crippen LogP contribution in [0.5, 0.6) is 0 Å². The summed E-state index contributed by atoms with van der Waals surface area (Å²) >= 11 is 0. The van der Waals surface area contributed by atoms with E-state index in [0.29, 0.717) is 17.5 Å². The summed E-state index contributed by atoms with van der Waals surface area (Å²) in [5.74, 6) is 1.30. The third-order valence-electron chi connectivity index (χ3n) is 5.37. The van der Waals surface area contributed by atoms with Gasteiger partial charge >= 0.3 is 5.69 Å². The first kappa shape index (κ1) is 18.1. The molecule has 0 aliphatic carbocycles. The number of hydrogen-bond acceptors (Lipinski definition) is 6. The number of benzene rings is 1. The number of nitrogens with zero attached hydrogens (tertiary/aromatic N) is 2. The van der Waals surface area contributed by atoms with Gasteiger partial charge < -0.3 is 9.64 Å². The molecule has 0 atom stereocenters. The van der Waals surface area contributed by atoms with Gasteiger partial charge in [0.2, 0.25) is 0 Å². The highest BCUT2D eigenvalue weighted by Gasteiger charge is 2.32. The Kier molecular flexibility index (Phi) is 5.29. The van der Waals surface area contributed by atoms with Gasteiger partial charge in [0.1, 0.15) is 10.6 Å². The van der Waals surface area contributed by atoms with Gasteiger partial charge in [0.15, 0.2) is 9.84 Å². The van der Waals surface area contributed by atoms with Crippen LogP contribution in [0.15, 0.2) is 23.1 Å². The van der Waals surface area contributed by atoms with E-state index < -0.39 is 14.8 Å². The molecule has 7 nitrogen and oxygen atoms in total. The summed E-state index contributed by atoms with van der Waals surface area (Å²) in [7, 11) is -3.65. The van der Waals surface area contributed by atoms with E-state index in [1.807, 2.05) is 4.90 Å². The Balaban J connectivity index is 1.80. The number of anilines is 1. The molecule has 0 N–H and O–H groups in total. The molecule has 1 aromatic carbocycles. The van der Waals surface area contributed by atoms with Gasteiger partial charge in [-0.05, 0) is 49.7 Å². The lowest BCUT2D eigenvalue weighted by molar-refractivity contribution is -0.387. The lowest BCUT2D eigenvalue weighted by Gasteiger charge is -2.38. The van der Waals surface area contributed by atoms with Crippen molar-refractivity contribution in [2.24, 2.45) is 11.8 Å². The van der Waals surface area contributed by atoms with Crippen LogP contribution in [0.25, 0.3) is 0 Å². The lowest BCUT2D eigenvalue weighted by atomic mass is 9.80. The molecule has 0 unspecified atom stereocenters. The van der Waals surface area contributed by atoms with E-state index in [9.17, 15) is 18.5 Å². The first-order valence-electron chi connectivity index (χ1n) is 8.68. The summed E-state index contributed by atoms with van der Waals surface area (Å²) in [6.45, 7) is 3.09. The van der Waals surface area contributed by atoms with Crippen LogP contribution < -0.4 is 4.90 Å². The minimum Gasteiger partial charge on any atom is -0.381 e. The van der Waals surface area contributed by atoms with Gasteiger partial charge in [-0.25, -0.2) is 8.42 Å². The minimum atomic E-state index is -3.65. The molecule has 0 saturated carbocycles. The number of ether oxygens (including phenoxy) is 1. The quantitative estimate of drug-likeness (QED) is 0.599. The van der Waals surface area contributed by atoms with Crippen LogP contribution in [0, 0.1) is 22.0 Å². The molecule has 8 heteroatoms. The van der Waals surface area contributed by atoms with Crippen molar-refractivity contribution in [2.45, 2.75) is 30.6 Å². The van der Waals surface area contributed by atoms with E-state index in [1.54, 1.807) is 12.1 Å². The molecular formula is C17H24N2O5S. The summed E-state index contributed by atoms with van der Waals surface area (Å²) in [5, 5.41) is 11.5. The number of nitro benzene ring substituents is 1. The maximum absolute atomic E-state index is 11.9. The standard InChI is InChI=1S/C17H24N2O5S/c1-25(22,23)16-4-2-3-15(17(16)19(20)21)18-9-5-13(6-10-18)14-7-11-24-12-8-14/h2-4,13-14H,5-12H2,1H3. The van der Waals surface area contributed by atoms with E-state index in [-0.39, 0.29) is 10.6 Å². The van der Waals surface area contributed by atoms with Gasteiger partial charge in [0.25, 0.3) is 0 Å². The minimum absolute atomic E-state index is 0.207. The second kappa shape index (κ2) is 7.29. The van der Waals surface area contributed by atoms with Crippen LogP contribution >= 0.6 is 0 Å². The summed E-state index contributed by atoms with van der Waals surface area (Å²) in [5.41, 5.74) is 0.118. The van der Waals surface area contributed by atoms with E-state index in [1.165, 1.54) is 6.07 Å². The van der Waals surface area contributed by atoms with Crippen molar-refractivity contribution in [3.63, 3.8) is 0 Å².